The fraction of sp³-hybridized carbons (Fsp3) is 0.250. The van der Waals surface area contributed by atoms with Gasteiger partial charge in [0.1, 0.15) is 17.3 Å². The average Bonchev–Trinajstić information content (AvgIpc) is 2.99. The molecule has 0 atom stereocenters. The molecule has 0 spiro atoms. The number of thiophene rings is 1. The molecule has 6 heteroatoms. The fourth-order valence-electron chi connectivity index (χ4n) is 1.86. The second-order valence-electron chi connectivity index (χ2n) is 3.99. The van der Waals surface area contributed by atoms with Crippen LogP contribution < -0.4 is 0 Å². The first kappa shape index (κ1) is 11.6. The van der Waals surface area contributed by atoms with Gasteiger partial charge in [-0.1, -0.05) is 17.7 Å². The molecule has 0 unspecified atom stereocenters. The van der Waals surface area contributed by atoms with E-state index in [0.29, 0.717) is 5.15 Å². The molecule has 92 valence electrons. The van der Waals surface area contributed by atoms with Crippen LogP contribution in [0.15, 0.2) is 29.9 Å². The van der Waals surface area contributed by atoms with E-state index in [0.717, 1.165) is 30.7 Å². The third-order valence-electron chi connectivity index (χ3n) is 2.74. The van der Waals surface area contributed by atoms with E-state index in [1.807, 2.05) is 4.40 Å². The SMILES string of the molecule is Clc1cc2nnc(CCCc3cccs3)n2cn1. The molecule has 3 rings (SSSR count). The molecule has 0 radical (unpaired) electrons. The van der Waals surface area contributed by atoms with Crippen molar-refractivity contribution >= 4 is 28.6 Å². The molecule has 0 saturated heterocycles. The summed E-state index contributed by atoms with van der Waals surface area (Å²) in [5, 5.41) is 10.8. The van der Waals surface area contributed by atoms with Crippen LogP contribution in [0.4, 0.5) is 0 Å². The van der Waals surface area contributed by atoms with Gasteiger partial charge in [-0.3, -0.25) is 4.40 Å². The maximum absolute atomic E-state index is 5.81. The third-order valence-corrected chi connectivity index (χ3v) is 3.88. The lowest BCUT2D eigenvalue weighted by molar-refractivity contribution is 0.763. The van der Waals surface area contributed by atoms with Gasteiger partial charge in [0.05, 0.1) is 0 Å². The second-order valence-corrected chi connectivity index (χ2v) is 5.41. The van der Waals surface area contributed by atoms with E-state index in [2.05, 4.69) is 32.7 Å². The summed E-state index contributed by atoms with van der Waals surface area (Å²) in [7, 11) is 0. The number of nitrogens with zero attached hydrogens (tertiary/aromatic N) is 4. The Balaban J connectivity index is 1.71. The minimum absolute atomic E-state index is 0.444. The number of rotatable bonds is 4. The molecular weight excluding hydrogens is 268 g/mol. The standard InChI is InChI=1S/C12H11ClN4S/c13-10-7-12-16-15-11(17(12)8-14-10)5-1-3-9-4-2-6-18-9/h2,4,6-8H,1,3,5H2. The van der Waals surface area contributed by atoms with Crippen LogP contribution >= 0.6 is 22.9 Å². The molecule has 0 saturated carbocycles. The Hall–Kier alpha value is -1.46. The van der Waals surface area contributed by atoms with Crippen LogP contribution in [0.5, 0.6) is 0 Å². The Morgan fingerprint density at radius 1 is 1.28 bits per heavy atom. The van der Waals surface area contributed by atoms with Crippen molar-refractivity contribution in [3.05, 3.63) is 45.8 Å². The lowest BCUT2D eigenvalue weighted by atomic mass is 10.2. The minimum Gasteiger partial charge on any atom is -0.269 e. The van der Waals surface area contributed by atoms with E-state index in [9.17, 15) is 0 Å². The van der Waals surface area contributed by atoms with Crippen LogP contribution in [0.1, 0.15) is 17.1 Å². The van der Waals surface area contributed by atoms with Crippen molar-refractivity contribution in [2.75, 3.05) is 0 Å². The van der Waals surface area contributed by atoms with E-state index in [-0.39, 0.29) is 0 Å². The van der Waals surface area contributed by atoms with Crippen molar-refractivity contribution in [1.29, 1.82) is 0 Å². The Morgan fingerprint density at radius 3 is 3.06 bits per heavy atom. The number of aromatic nitrogens is 4. The quantitative estimate of drug-likeness (QED) is 0.689. The van der Waals surface area contributed by atoms with Crippen LogP contribution in [0, 0.1) is 0 Å². The summed E-state index contributed by atoms with van der Waals surface area (Å²) in [4.78, 5) is 5.46. The van der Waals surface area contributed by atoms with Crippen molar-refractivity contribution in [3.8, 4) is 0 Å². The summed E-state index contributed by atoms with van der Waals surface area (Å²) in [5.41, 5.74) is 0.751. The number of aryl methyl sites for hydroxylation is 2. The molecule has 0 aliphatic rings. The second kappa shape index (κ2) is 5.04. The van der Waals surface area contributed by atoms with Crippen molar-refractivity contribution in [2.45, 2.75) is 19.3 Å². The van der Waals surface area contributed by atoms with Gasteiger partial charge in [-0.05, 0) is 24.3 Å². The van der Waals surface area contributed by atoms with Crippen molar-refractivity contribution in [3.63, 3.8) is 0 Å². The largest absolute Gasteiger partial charge is 0.269 e. The summed E-state index contributed by atoms with van der Waals surface area (Å²) in [6, 6.07) is 5.96. The normalized spacial score (nSPS) is 11.2. The zero-order valence-electron chi connectivity index (χ0n) is 9.58. The summed E-state index contributed by atoms with van der Waals surface area (Å²) >= 11 is 7.60. The molecule has 0 N–H and O–H groups in total. The molecule has 18 heavy (non-hydrogen) atoms. The number of hydrogen-bond acceptors (Lipinski definition) is 4. The van der Waals surface area contributed by atoms with Crippen LogP contribution in [-0.2, 0) is 12.8 Å². The van der Waals surface area contributed by atoms with Crippen molar-refractivity contribution in [1.82, 2.24) is 19.6 Å². The van der Waals surface area contributed by atoms with Gasteiger partial charge >= 0.3 is 0 Å². The minimum atomic E-state index is 0.444. The predicted molar refractivity (Wildman–Crippen MR) is 72.1 cm³/mol. The lowest BCUT2D eigenvalue weighted by Gasteiger charge is -1.99. The Bertz CT molecular complexity index is 647. The molecule has 0 amide bonds. The predicted octanol–water partition coefficient (Wildman–Crippen LogP) is 3.01. The Labute approximate surface area is 113 Å². The van der Waals surface area contributed by atoms with Gasteiger partial charge in [-0.25, -0.2) is 4.98 Å². The Kier molecular flexibility index (Phi) is 3.25. The number of halogens is 1. The Morgan fingerprint density at radius 2 is 2.22 bits per heavy atom. The smallest absolute Gasteiger partial charge is 0.165 e. The lowest BCUT2D eigenvalue weighted by Crippen LogP contribution is -1.97. The van der Waals surface area contributed by atoms with Gasteiger partial charge in [0, 0.05) is 17.4 Å². The van der Waals surface area contributed by atoms with Gasteiger partial charge in [0.15, 0.2) is 5.65 Å². The van der Waals surface area contributed by atoms with Crippen molar-refractivity contribution < 1.29 is 0 Å². The van der Waals surface area contributed by atoms with Gasteiger partial charge < -0.3 is 0 Å². The van der Waals surface area contributed by atoms with E-state index < -0.39 is 0 Å². The molecule has 0 aliphatic carbocycles. The molecule has 0 aromatic carbocycles. The highest BCUT2D eigenvalue weighted by atomic mass is 35.5. The van der Waals surface area contributed by atoms with Crippen LogP contribution in [0.25, 0.3) is 5.65 Å². The summed E-state index contributed by atoms with van der Waals surface area (Å²) in [6.07, 6.45) is 4.71. The zero-order valence-corrected chi connectivity index (χ0v) is 11.2. The highest BCUT2D eigenvalue weighted by molar-refractivity contribution is 7.09. The molecule has 0 bridgehead atoms. The summed E-state index contributed by atoms with van der Waals surface area (Å²) in [6.45, 7) is 0. The molecule has 3 aromatic rings. The van der Waals surface area contributed by atoms with Gasteiger partial charge in [0.2, 0.25) is 0 Å². The van der Waals surface area contributed by atoms with Crippen molar-refractivity contribution in [2.24, 2.45) is 0 Å². The number of fused-ring (bicyclic) bond motifs is 1. The first-order valence-corrected chi connectivity index (χ1v) is 6.96. The zero-order chi connectivity index (χ0) is 12.4. The maximum atomic E-state index is 5.81. The average molecular weight is 279 g/mol. The highest BCUT2D eigenvalue weighted by Crippen LogP contribution is 2.14. The van der Waals surface area contributed by atoms with E-state index in [1.54, 1.807) is 23.7 Å². The maximum Gasteiger partial charge on any atom is 0.165 e. The third kappa shape index (κ3) is 2.37. The fourth-order valence-corrected chi connectivity index (χ4v) is 2.76. The summed E-state index contributed by atoms with van der Waals surface area (Å²) in [5.74, 6) is 0.936. The van der Waals surface area contributed by atoms with E-state index in [4.69, 9.17) is 11.6 Å². The topological polar surface area (TPSA) is 43.1 Å². The van der Waals surface area contributed by atoms with E-state index >= 15 is 0 Å². The first-order chi connectivity index (χ1) is 8.83. The summed E-state index contributed by atoms with van der Waals surface area (Å²) < 4.78 is 1.89. The van der Waals surface area contributed by atoms with Crippen LogP contribution in [0.3, 0.4) is 0 Å². The molecule has 4 nitrogen and oxygen atoms in total. The molecule has 3 aromatic heterocycles. The van der Waals surface area contributed by atoms with Gasteiger partial charge in [0.25, 0.3) is 0 Å². The molecular formula is C12H11ClN4S. The molecule has 0 fully saturated rings. The van der Waals surface area contributed by atoms with Crippen LogP contribution in [-0.4, -0.2) is 19.6 Å². The first-order valence-electron chi connectivity index (χ1n) is 5.70. The van der Waals surface area contributed by atoms with E-state index in [1.165, 1.54) is 4.88 Å². The number of hydrogen-bond donors (Lipinski definition) is 0. The molecule has 0 aliphatic heterocycles. The highest BCUT2D eigenvalue weighted by Gasteiger charge is 2.06. The van der Waals surface area contributed by atoms with Gasteiger partial charge in [-0.15, -0.1) is 21.5 Å². The monoisotopic (exact) mass is 278 g/mol. The molecule has 3 heterocycles. The van der Waals surface area contributed by atoms with Crippen LogP contribution in [0.2, 0.25) is 5.15 Å². The van der Waals surface area contributed by atoms with Gasteiger partial charge in [-0.2, -0.15) is 0 Å².